The molecule has 36 heavy (non-hydrogen) atoms. The first kappa shape index (κ1) is 25.5. The lowest BCUT2D eigenvalue weighted by Crippen LogP contribution is -2.46. The van der Waals surface area contributed by atoms with E-state index in [1.165, 1.54) is 0 Å². The highest BCUT2D eigenvalue weighted by Crippen LogP contribution is 2.40. The van der Waals surface area contributed by atoms with Crippen LogP contribution in [0, 0.1) is 13.8 Å². The summed E-state index contributed by atoms with van der Waals surface area (Å²) in [6.45, 7) is 9.92. The van der Waals surface area contributed by atoms with Crippen molar-refractivity contribution in [2.75, 3.05) is 0 Å². The second-order valence-electron chi connectivity index (χ2n) is 10.2. The Bertz CT molecular complexity index is 1520. The molecule has 2 N–H and O–H groups in total. The van der Waals surface area contributed by atoms with Gasteiger partial charge in [0.05, 0.1) is 32.3 Å². The van der Waals surface area contributed by atoms with Gasteiger partial charge in [0.2, 0.25) is 0 Å². The number of aryl methyl sites for hydroxylation is 2. The molecule has 1 aliphatic heterocycles. The molecule has 5 rings (SSSR count). The van der Waals surface area contributed by atoms with Crippen LogP contribution in [-0.2, 0) is 15.7 Å². The summed E-state index contributed by atoms with van der Waals surface area (Å²) in [5, 5.41) is 21.8. The summed E-state index contributed by atoms with van der Waals surface area (Å²) in [6.07, 6.45) is 2.17. The molecule has 3 heterocycles. The van der Waals surface area contributed by atoms with Gasteiger partial charge in [0, 0.05) is 29.1 Å². The molecule has 2 aromatic heterocycles. The Morgan fingerprint density at radius 3 is 2.33 bits per heavy atom. The van der Waals surface area contributed by atoms with E-state index in [1.807, 2.05) is 46.8 Å². The number of hydrogen-bond donors (Lipinski definition) is 2. The Balaban J connectivity index is 1.50. The Labute approximate surface area is 220 Å². The van der Waals surface area contributed by atoms with E-state index in [4.69, 9.17) is 37.5 Å². The molecule has 6 nitrogen and oxygen atoms in total. The Hall–Kier alpha value is -2.19. The van der Waals surface area contributed by atoms with E-state index in [2.05, 4.69) is 4.98 Å². The van der Waals surface area contributed by atoms with Gasteiger partial charge in [0.1, 0.15) is 0 Å². The van der Waals surface area contributed by atoms with Crippen molar-refractivity contribution in [2.24, 2.45) is 0 Å². The van der Waals surface area contributed by atoms with Crippen LogP contribution in [0.1, 0.15) is 37.6 Å². The summed E-state index contributed by atoms with van der Waals surface area (Å²) >= 11 is 13.1. The standard InChI is InChI=1S/C26H26B2Cl2N2O4/c1-14-9-17(11-19-21(29)6-7-31-23(14)19)28-35-25(3,4)26(5,36-28)13-18-12-22(30)20-10-16(27(33)34)8-15(2)24(20)32-18/h6-12,33-34H,13H2,1-5H3. The smallest absolute Gasteiger partial charge is 0.423 e. The third-order valence-electron chi connectivity index (χ3n) is 7.26. The quantitative estimate of drug-likeness (QED) is 0.395. The Morgan fingerprint density at radius 2 is 1.61 bits per heavy atom. The minimum atomic E-state index is -1.58. The van der Waals surface area contributed by atoms with Gasteiger partial charge in [-0.1, -0.05) is 47.5 Å². The average Bonchev–Trinajstić information content (AvgIpc) is 3.03. The van der Waals surface area contributed by atoms with E-state index in [-0.39, 0.29) is 0 Å². The molecule has 1 aliphatic rings. The van der Waals surface area contributed by atoms with Gasteiger partial charge >= 0.3 is 14.2 Å². The van der Waals surface area contributed by atoms with Crippen molar-refractivity contribution in [3.8, 4) is 0 Å². The number of pyridine rings is 2. The fourth-order valence-electron chi connectivity index (χ4n) is 4.87. The Morgan fingerprint density at radius 1 is 0.917 bits per heavy atom. The largest absolute Gasteiger partial charge is 0.494 e. The topological polar surface area (TPSA) is 84.7 Å². The summed E-state index contributed by atoms with van der Waals surface area (Å²) in [4.78, 5) is 9.33. The zero-order valence-corrected chi connectivity index (χ0v) is 22.3. The fourth-order valence-corrected chi connectivity index (χ4v) is 5.34. The van der Waals surface area contributed by atoms with E-state index < -0.39 is 25.4 Å². The van der Waals surface area contributed by atoms with Crippen LogP contribution in [0.5, 0.6) is 0 Å². The molecule has 1 fully saturated rings. The minimum Gasteiger partial charge on any atom is -0.423 e. The minimum absolute atomic E-state index is 0.376. The van der Waals surface area contributed by atoms with Gasteiger partial charge in [0.15, 0.2) is 0 Å². The van der Waals surface area contributed by atoms with E-state index in [0.29, 0.717) is 32.8 Å². The molecule has 0 saturated carbocycles. The zero-order chi connectivity index (χ0) is 26.0. The van der Waals surface area contributed by atoms with Crippen LogP contribution in [0.3, 0.4) is 0 Å². The average molecular weight is 523 g/mol. The molecule has 0 radical (unpaired) electrons. The maximum Gasteiger partial charge on any atom is 0.494 e. The van der Waals surface area contributed by atoms with Crippen molar-refractivity contribution in [3.05, 3.63) is 69.5 Å². The maximum absolute atomic E-state index is 9.59. The zero-order valence-electron chi connectivity index (χ0n) is 20.8. The SMILES string of the molecule is Cc1cc(B2OC(C)(C)C(C)(Cc3cc(Cl)c4cc(B(O)O)cc(C)c4n3)O2)cc2c(Cl)ccnc12. The molecule has 0 aliphatic carbocycles. The predicted molar refractivity (Wildman–Crippen MR) is 147 cm³/mol. The third-order valence-corrected chi connectivity index (χ3v) is 7.91. The highest BCUT2D eigenvalue weighted by Gasteiger charge is 2.54. The van der Waals surface area contributed by atoms with Gasteiger partial charge in [-0.2, -0.15) is 0 Å². The van der Waals surface area contributed by atoms with Crippen LogP contribution in [0.15, 0.2) is 42.6 Å². The molecule has 0 spiro atoms. The van der Waals surface area contributed by atoms with Crippen molar-refractivity contribution in [1.29, 1.82) is 0 Å². The molecule has 0 bridgehead atoms. The summed E-state index contributed by atoms with van der Waals surface area (Å²) in [6, 6.07) is 11.0. The Kier molecular flexibility index (Phi) is 6.35. The lowest BCUT2D eigenvalue weighted by atomic mass is 9.77. The number of nitrogens with zero attached hydrogens (tertiary/aromatic N) is 2. The van der Waals surface area contributed by atoms with E-state index in [9.17, 15) is 10.0 Å². The number of fused-ring (bicyclic) bond motifs is 2. The van der Waals surface area contributed by atoms with Gasteiger partial charge in [-0.3, -0.25) is 9.97 Å². The second-order valence-corrected chi connectivity index (χ2v) is 11.0. The van der Waals surface area contributed by atoms with E-state index >= 15 is 0 Å². The molecule has 4 aromatic rings. The van der Waals surface area contributed by atoms with Gasteiger partial charge in [-0.25, -0.2) is 0 Å². The first-order valence-corrected chi connectivity index (χ1v) is 12.5. The van der Waals surface area contributed by atoms with E-state index in [1.54, 1.807) is 30.5 Å². The second kappa shape index (κ2) is 8.98. The molecule has 1 unspecified atom stereocenters. The normalized spacial score (nSPS) is 19.4. The number of halogens is 2. The molecular formula is C26H26B2Cl2N2O4. The summed E-state index contributed by atoms with van der Waals surface area (Å²) in [5.41, 5.74) is 4.04. The molecule has 184 valence electrons. The lowest BCUT2D eigenvalue weighted by Gasteiger charge is -2.36. The van der Waals surface area contributed by atoms with Crippen molar-refractivity contribution < 1.29 is 19.4 Å². The molecule has 2 aromatic carbocycles. The predicted octanol–water partition coefficient (Wildman–Crippen LogP) is 3.91. The van der Waals surface area contributed by atoms with Crippen LogP contribution in [0.2, 0.25) is 10.0 Å². The van der Waals surface area contributed by atoms with Crippen molar-refractivity contribution in [2.45, 2.75) is 52.2 Å². The third kappa shape index (κ3) is 4.30. The van der Waals surface area contributed by atoms with Gasteiger partial charge in [0.25, 0.3) is 0 Å². The van der Waals surface area contributed by atoms with Crippen LogP contribution < -0.4 is 10.9 Å². The number of rotatable bonds is 4. The van der Waals surface area contributed by atoms with Crippen molar-refractivity contribution >= 4 is 70.2 Å². The molecule has 1 saturated heterocycles. The van der Waals surface area contributed by atoms with Crippen LogP contribution in [0.25, 0.3) is 21.8 Å². The summed E-state index contributed by atoms with van der Waals surface area (Å²) < 4.78 is 13.0. The van der Waals surface area contributed by atoms with Gasteiger partial charge in [-0.15, -0.1) is 0 Å². The monoisotopic (exact) mass is 522 g/mol. The van der Waals surface area contributed by atoms with E-state index in [0.717, 1.165) is 33.2 Å². The molecular weight excluding hydrogens is 497 g/mol. The first-order chi connectivity index (χ1) is 16.9. The van der Waals surface area contributed by atoms with Crippen LogP contribution >= 0.6 is 23.2 Å². The van der Waals surface area contributed by atoms with Crippen LogP contribution in [-0.4, -0.2) is 45.5 Å². The van der Waals surface area contributed by atoms with Gasteiger partial charge < -0.3 is 19.4 Å². The van der Waals surface area contributed by atoms with Crippen molar-refractivity contribution in [3.63, 3.8) is 0 Å². The molecule has 10 heteroatoms. The van der Waals surface area contributed by atoms with Crippen molar-refractivity contribution in [1.82, 2.24) is 9.97 Å². The molecule has 0 amide bonds. The maximum atomic E-state index is 9.59. The highest BCUT2D eigenvalue weighted by molar-refractivity contribution is 6.62. The number of aromatic nitrogens is 2. The van der Waals surface area contributed by atoms with Gasteiger partial charge in [-0.05, 0) is 68.8 Å². The lowest BCUT2D eigenvalue weighted by molar-refractivity contribution is -0.00939. The van der Waals surface area contributed by atoms with Crippen LogP contribution in [0.4, 0.5) is 0 Å². The first-order valence-electron chi connectivity index (χ1n) is 11.7. The number of hydrogen-bond acceptors (Lipinski definition) is 6. The number of benzene rings is 2. The highest BCUT2D eigenvalue weighted by atomic mass is 35.5. The summed E-state index contributed by atoms with van der Waals surface area (Å²) in [7, 11) is -2.16. The molecule has 1 atom stereocenters. The fraction of sp³-hybridized carbons (Fsp3) is 0.308. The summed E-state index contributed by atoms with van der Waals surface area (Å²) in [5.74, 6) is 0.